The van der Waals surface area contributed by atoms with Gasteiger partial charge in [-0.05, 0) is 78.6 Å². The van der Waals surface area contributed by atoms with Crippen LogP contribution in [0.3, 0.4) is 0 Å². The number of halogens is 3. The highest BCUT2D eigenvalue weighted by molar-refractivity contribution is 6.17. The summed E-state index contributed by atoms with van der Waals surface area (Å²) in [4.78, 5) is 13.2. The fourth-order valence-corrected chi connectivity index (χ4v) is 4.64. The molecule has 0 bridgehead atoms. The van der Waals surface area contributed by atoms with Crippen molar-refractivity contribution in [1.29, 1.82) is 0 Å². The van der Waals surface area contributed by atoms with E-state index in [4.69, 9.17) is 11.6 Å². The molecule has 0 saturated carbocycles. The summed E-state index contributed by atoms with van der Waals surface area (Å²) in [5.41, 5.74) is 4.20. The molecule has 3 rings (SSSR count). The van der Waals surface area contributed by atoms with Gasteiger partial charge in [-0.25, -0.2) is 8.78 Å². The molecule has 0 aliphatic heterocycles. The van der Waals surface area contributed by atoms with E-state index in [1.54, 1.807) is 6.07 Å². The molecule has 0 saturated heterocycles. The van der Waals surface area contributed by atoms with E-state index in [1.807, 2.05) is 30.3 Å². The summed E-state index contributed by atoms with van der Waals surface area (Å²) < 4.78 is 27.7. The van der Waals surface area contributed by atoms with E-state index in [1.165, 1.54) is 17.7 Å². The molecule has 4 nitrogen and oxygen atoms in total. The molecule has 2 atom stereocenters. The van der Waals surface area contributed by atoms with Crippen LogP contribution in [0.5, 0.6) is 0 Å². The molecule has 204 valence electrons. The maximum atomic E-state index is 13.8. The van der Waals surface area contributed by atoms with Crippen LogP contribution in [0.4, 0.5) is 8.78 Å². The van der Waals surface area contributed by atoms with Gasteiger partial charge in [0.2, 0.25) is 0 Å². The summed E-state index contributed by atoms with van der Waals surface area (Å²) in [5, 5.41) is 17.2. The number of rotatable bonds is 15. The second-order valence-corrected chi connectivity index (χ2v) is 10.0. The van der Waals surface area contributed by atoms with E-state index in [-0.39, 0.29) is 18.9 Å². The van der Waals surface area contributed by atoms with E-state index < -0.39 is 23.8 Å². The van der Waals surface area contributed by atoms with Gasteiger partial charge in [0.25, 0.3) is 5.91 Å². The highest BCUT2D eigenvalue weighted by Gasteiger charge is 2.23. The Morgan fingerprint density at radius 3 is 2.34 bits per heavy atom. The molecule has 0 spiro atoms. The van der Waals surface area contributed by atoms with Gasteiger partial charge in [0, 0.05) is 30.6 Å². The highest BCUT2D eigenvalue weighted by Crippen LogP contribution is 2.15. The number of nitrogens with one attached hydrogen (secondary N) is 2. The van der Waals surface area contributed by atoms with Gasteiger partial charge in [0.05, 0.1) is 12.1 Å². The third kappa shape index (κ3) is 9.82. The van der Waals surface area contributed by atoms with Crippen molar-refractivity contribution in [3.8, 4) is 0 Å². The number of alkyl halides is 1. The fourth-order valence-electron chi connectivity index (χ4n) is 4.45. The standard InChI is InChI=1S/C31H37ClF2N2O2/c1-2-22-9-6-11-24(14-22)20-35-21-30(37)29(18-25-16-27(33)19-28(34)17-25)36-31(38)26-12-7-10-23(15-26)8-4-3-5-13-32/h6-7,9-12,14-17,19,29-30,35,37H,2-5,8,13,18,20-21H2,1H3,(H,36,38)/t29-,30-/m0/s1. The van der Waals surface area contributed by atoms with Gasteiger partial charge in [-0.15, -0.1) is 11.6 Å². The Morgan fingerprint density at radius 1 is 0.895 bits per heavy atom. The van der Waals surface area contributed by atoms with E-state index in [0.717, 1.165) is 49.3 Å². The predicted octanol–water partition coefficient (Wildman–Crippen LogP) is 5.97. The van der Waals surface area contributed by atoms with Crippen LogP contribution in [-0.2, 0) is 25.8 Å². The number of hydrogen-bond donors (Lipinski definition) is 3. The van der Waals surface area contributed by atoms with Crippen LogP contribution in [0.15, 0.2) is 66.7 Å². The van der Waals surface area contributed by atoms with E-state index in [2.05, 4.69) is 29.7 Å². The van der Waals surface area contributed by atoms with E-state index in [0.29, 0.717) is 23.6 Å². The number of carbonyl (C=O) groups is 1. The summed E-state index contributed by atoms with van der Waals surface area (Å²) in [6.45, 7) is 2.84. The van der Waals surface area contributed by atoms with E-state index in [9.17, 15) is 18.7 Å². The third-order valence-electron chi connectivity index (χ3n) is 6.53. The molecule has 3 N–H and O–H groups in total. The van der Waals surface area contributed by atoms with Crippen molar-refractivity contribution >= 4 is 17.5 Å². The largest absolute Gasteiger partial charge is 0.390 e. The smallest absolute Gasteiger partial charge is 0.251 e. The summed E-state index contributed by atoms with van der Waals surface area (Å²) >= 11 is 5.75. The number of aliphatic hydroxyl groups is 1. The number of carbonyl (C=O) groups excluding carboxylic acids is 1. The minimum Gasteiger partial charge on any atom is -0.390 e. The minimum absolute atomic E-state index is 0.0761. The second-order valence-electron chi connectivity index (χ2n) is 9.63. The van der Waals surface area contributed by atoms with Crippen LogP contribution < -0.4 is 10.6 Å². The van der Waals surface area contributed by atoms with Gasteiger partial charge in [0.15, 0.2) is 0 Å². The summed E-state index contributed by atoms with van der Waals surface area (Å²) in [6.07, 6.45) is 3.83. The number of aryl methyl sites for hydroxylation is 2. The zero-order valence-electron chi connectivity index (χ0n) is 21.9. The molecule has 0 heterocycles. The molecule has 0 aliphatic rings. The molecule has 0 unspecified atom stereocenters. The number of hydrogen-bond acceptors (Lipinski definition) is 3. The van der Waals surface area contributed by atoms with Gasteiger partial charge in [-0.2, -0.15) is 0 Å². The van der Waals surface area contributed by atoms with Crippen LogP contribution >= 0.6 is 11.6 Å². The average Bonchev–Trinajstić information content (AvgIpc) is 2.90. The van der Waals surface area contributed by atoms with Crippen molar-refractivity contribution < 1.29 is 18.7 Å². The first-order chi connectivity index (χ1) is 18.4. The zero-order valence-corrected chi connectivity index (χ0v) is 22.6. The molecule has 3 aromatic rings. The van der Waals surface area contributed by atoms with Crippen LogP contribution in [0, 0.1) is 11.6 Å². The van der Waals surface area contributed by atoms with Crippen molar-refractivity contribution in [2.45, 2.75) is 64.1 Å². The number of benzene rings is 3. The highest BCUT2D eigenvalue weighted by atomic mass is 35.5. The summed E-state index contributed by atoms with van der Waals surface area (Å²) in [6, 6.07) is 18.1. The first-order valence-electron chi connectivity index (χ1n) is 13.2. The Kier molecular flexibility index (Phi) is 12.2. The van der Waals surface area contributed by atoms with Gasteiger partial charge < -0.3 is 15.7 Å². The van der Waals surface area contributed by atoms with Crippen molar-refractivity contribution in [2.24, 2.45) is 0 Å². The van der Waals surface area contributed by atoms with Crippen LogP contribution in [0.25, 0.3) is 0 Å². The van der Waals surface area contributed by atoms with Crippen LogP contribution in [-0.4, -0.2) is 35.6 Å². The Labute approximate surface area is 229 Å². The van der Waals surface area contributed by atoms with Crippen molar-refractivity contribution in [2.75, 3.05) is 12.4 Å². The molecule has 0 fully saturated rings. The number of unbranched alkanes of at least 4 members (excludes halogenated alkanes) is 2. The molecule has 0 aromatic heterocycles. The predicted molar refractivity (Wildman–Crippen MR) is 150 cm³/mol. The van der Waals surface area contributed by atoms with Crippen molar-refractivity contribution in [3.63, 3.8) is 0 Å². The Morgan fingerprint density at radius 2 is 1.61 bits per heavy atom. The Hall–Kier alpha value is -2.80. The fraction of sp³-hybridized carbons (Fsp3) is 0.387. The van der Waals surface area contributed by atoms with Crippen LogP contribution in [0.1, 0.15) is 58.8 Å². The Bertz CT molecular complexity index is 1150. The molecular weight excluding hydrogens is 506 g/mol. The molecule has 0 radical (unpaired) electrons. The summed E-state index contributed by atoms with van der Waals surface area (Å²) in [7, 11) is 0. The molecule has 7 heteroatoms. The van der Waals surface area contributed by atoms with Gasteiger partial charge in [-0.3, -0.25) is 4.79 Å². The van der Waals surface area contributed by atoms with Gasteiger partial charge in [-0.1, -0.05) is 49.7 Å². The molecule has 38 heavy (non-hydrogen) atoms. The molecule has 1 amide bonds. The molecule has 3 aromatic carbocycles. The maximum absolute atomic E-state index is 13.8. The zero-order chi connectivity index (χ0) is 27.3. The van der Waals surface area contributed by atoms with E-state index >= 15 is 0 Å². The Balaban J connectivity index is 1.69. The SMILES string of the molecule is CCc1cccc(CNC[C@H](O)[C@H](Cc2cc(F)cc(F)c2)NC(=O)c2cccc(CCCCCCl)c2)c1. The average molecular weight is 543 g/mol. The molecule has 0 aliphatic carbocycles. The first kappa shape index (κ1) is 29.8. The van der Waals surface area contributed by atoms with Crippen molar-refractivity contribution in [1.82, 2.24) is 10.6 Å². The quantitative estimate of drug-likeness (QED) is 0.164. The lowest BCUT2D eigenvalue weighted by Gasteiger charge is -2.25. The summed E-state index contributed by atoms with van der Waals surface area (Å²) in [5.74, 6) is -1.10. The normalized spacial score (nSPS) is 12.8. The maximum Gasteiger partial charge on any atom is 0.251 e. The van der Waals surface area contributed by atoms with Gasteiger partial charge in [0.1, 0.15) is 11.6 Å². The van der Waals surface area contributed by atoms with Crippen LogP contribution in [0.2, 0.25) is 0 Å². The first-order valence-corrected chi connectivity index (χ1v) is 13.8. The monoisotopic (exact) mass is 542 g/mol. The lowest BCUT2D eigenvalue weighted by Crippen LogP contribution is -2.48. The third-order valence-corrected chi connectivity index (χ3v) is 6.80. The number of amides is 1. The molecular formula is C31H37ClF2N2O2. The number of aliphatic hydroxyl groups excluding tert-OH is 1. The minimum atomic E-state index is -0.988. The lowest BCUT2D eigenvalue weighted by molar-refractivity contribution is 0.0829. The topological polar surface area (TPSA) is 61.4 Å². The second kappa shape index (κ2) is 15.6. The lowest BCUT2D eigenvalue weighted by atomic mass is 9.99. The van der Waals surface area contributed by atoms with Crippen molar-refractivity contribution in [3.05, 3.63) is 106 Å². The van der Waals surface area contributed by atoms with Gasteiger partial charge >= 0.3 is 0 Å².